The molecule has 0 spiro atoms. The number of benzene rings is 1. The Hall–Kier alpha value is -2.93. The number of carbonyl (C=O) groups excluding carboxylic acids is 1. The molecular formula is C22H23N3O3S. The summed E-state index contributed by atoms with van der Waals surface area (Å²) in [4.78, 5) is 32.4. The SMILES string of the molecule is CCCN(C(=O)CCn1cnc2sccc2c1=O)C(C)c1cc2ccccc2o1. The number of hydrogen-bond acceptors (Lipinski definition) is 5. The molecule has 7 heteroatoms. The van der Waals surface area contributed by atoms with Gasteiger partial charge >= 0.3 is 0 Å². The third-order valence-electron chi connectivity index (χ3n) is 5.13. The second kappa shape index (κ2) is 8.21. The number of thiophene rings is 1. The van der Waals surface area contributed by atoms with Crippen LogP contribution in [0.25, 0.3) is 21.2 Å². The fourth-order valence-electron chi connectivity index (χ4n) is 3.55. The van der Waals surface area contributed by atoms with Gasteiger partial charge in [0.2, 0.25) is 5.91 Å². The van der Waals surface area contributed by atoms with E-state index in [0.717, 1.165) is 28.0 Å². The molecule has 0 aliphatic heterocycles. The molecule has 3 aromatic heterocycles. The highest BCUT2D eigenvalue weighted by atomic mass is 32.1. The van der Waals surface area contributed by atoms with Gasteiger partial charge in [0.1, 0.15) is 16.2 Å². The maximum Gasteiger partial charge on any atom is 0.262 e. The molecule has 4 aromatic rings. The number of para-hydroxylation sites is 1. The summed E-state index contributed by atoms with van der Waals surface area (Å²) in [6.45, 7) is 4.97. The van der Waals surface area contributed by atoms with Gasteiger partial charge in [-0.3, -0.25) is 14.2 Å². The summed E-state index contributed by atoms with van der Waals surface area (Å²) in [5, 5.41) is 3.48. The van der Waals surface area contributed by atoms with Crippen LogP contribution in [0, 0.1) is 0 Å². The second-order valence-electron chi connectivity index (χ2n) is 7.08. The van der Waals surface area contributed by atoms with E-state index < -0.39 is 0 Å². The van der Waals surface area contributed by atoms with Crippen molar-refractivity contribution in [2.75, 3.05) is 6.54 Å². The molecule has 29 heavy (non-hydrogen) atoms. The van der Waals surface area contributed by atoms with Crippen LogP contribution in [-0.4, -0.2) is 26.9 Å². The van der Waals surface area contributed by atoms with Crippen LogP contribution in [0.2, 0.25) is 0 Å². The van der Waals surface area contributed by atoms with Crippen molar-refractivity contribution in [3.63, 3.8) is 0 Å². The van der Waals surface area contributed by atoms with E-state index in [-0.39, 0.29) is 23.9 Å². The minimum absolute atomic E-state index is 0.00267. The molecule has 6 nitrogen and oxygen atoms in total. The first kappa shape index (κ1) is 19.4. The van der Waals surface area contributed by atoms with Gasteiger partial charge in [-0.25, -0.2) is 4.98 Å². The monoisotopic (exact) mass is 409 g/mol. The average Bonchev–Trinajstić information content (AvgIpc) is 3.38. The Labute approximate surface area is 172 Å². The lowest BCUT2D eigenvalue weighted by Crippen LogP contribution is -2.35. The largest absolute Gasteiger partial charge is 0.459 e. The van der Waals surface area contributed by atoms with Crippen molar-refractivity contribution < 1.29 is 9.21 Å². The van der Waals surface area contributed by atoms with Crippen molar-refractivity contribution in [1.29, 1.82) is 0 Å². The summed E-state index contributed by atoms with van der Waals surface area (Å²) in [6, 6.07) is 11.4. The van der Waals surface area contributed by atoms with Gasteiger partial charge in [-0.05, 0) is 36.9 Å². The Kier molecular flexibility index (Phi) is 5.49. The minimum atomic E-state index is -0.177. The zero-order chi connectivity index (χ0) is 20.4. The first-order valence-electron chi connectivity index (χ1n) is 9.79. The van der Waals surface area contributed by atoms with Gasteiger partial charge in [-0.1, -0.05) is 25.1 Å². The molecule has 1 amide bonds. The Morgan fingerprint density at radius 3 is 2.93 bits per heavy atom. The number of aryl methyl sites for hydroxylation is 1. The Balaban J connectivity index is 1.51. The molecule has 1 aromatic carbocycles. The Morgan fingerprint density at radius 2 is 2.14 bits per heavy atom. The van der Waals surface area contributed by atoms with Crippen LogP contribution in [0.4, 0.5) is 0 Å². The molecule has 0 N–H and O–H groups in total. The summed E-state index contributed by atoms with van der Waals surface area (Å²) in [7, 11) is 0. The van der Waals surface area contributed by atoms with Crippen LogP contribution < -0.4 is 5.56 Å². The van der Waals surface area contributed by atoms with Crippen molar-refractivity contribution in [3.8, 4) is 0 Å². The maximum absolute atomic E-state index is 13.0. The zero-order valence-electron chi connectivity index (χ0n) is 16.5. The number of hydrogen-bond donors (Lipinski definition) is 0. The van der Waals surface area contributed by atoms with E-state index >= 15 is 0 Å². The molecule has 0 fully saturated rings. The Morgan fingerprint density at radius 1 is 1.31 bits per heavy atom. The third-order valence-corrected chi connectivity index (χ3v) is 5.95. The van der Waals surface area contributed by atoms with Gasteiger partial charge in [0.25, 0.3) is 5.56 Å². The maximum atomic E-state index is 13.0. The fraction of sp³-hybridized carbons (Fsp3) is 0.318. The highest BCUT2D eigenvalue weighted by Gasteiger charge is 2.23. The molecule has 4 rings (SSSR count). The van der Waals surface area contributed by atoms with Crippen LogP contribution in [0.15, 0.2) is 57.3 Å². The molecule has 0 radical (unpaired) electrons. The summed E-state index contributed by atoms with van der Waals surface area (Å²) in [5.74, 6) is 0.767. The van der Waals surface area contributed by atoms with Gasteiger partial charge in [-0.2, -0.15) is 0 Å². The van der Waals surface area contributed by atoms with E-state index in [4.69, 9.17) is 4.42 Å². The lowest BCUT2D eigenvalue weighted by atomic mass is 10.1. The molecular weight excluding hydrogens is 386 g/mol. The van der Waals surface area contributed by atoms with Gasteiger partial charge in [0, 0.05) is 24.9 Å². The van der Waals surface area contributed by atoms with E-state index in [2.05, 4.69) is 4.98 Å². The zero-order valence-corrected chi connectivity index (χ0v) is 17.3. The number of aromatic nitrogens is 2. The average molecular weight is 410 g/mol. The van der Waals surface area contributed by atoms with Crippen molar-refractivity contribution in [2.45, 2.75) is 39.3 Å². The quantitative estimate of drug-likeness (QED) is 0.448. The molecule has 0 aliphatic rings. The molecule has 1 atom stereocenters. The van der Waals surface area contributed by atoms with Crippen molar-refractivity contribution in [2.24, 2.45) is 0 Å². The predicted molar refractivity (Wildman–Crippen MR) is 115 cm³/mol. The normalized spacial score (nSPS) is 12.5. The lowest BCUT2D eigenvalue weighted by Gasteiger charge is -2.28. The molecule has 150 valence electrons. The van der Waals surface area contributed by atoms with E-state index in [1.54, 1.807) is 6.07 Å². The van der Waals surface area contributed by atoms with Crippen LogP contribution in [0.3, 0.4) is 0 Å². The molecule has 0 saturated heterocycles. The summed E-state index contributed by atoms with van der Waals surface area (Å²) in [5.41, 5.74) is 0.719. The van der Waals surface area contributed by atoms with Crippen LogP contribution in [0.5, 0.6) is 0 Å². The van der Waals surface area contributed by atoms with Crippen LogP contribution in [0.1, 0.15) is 38.5 Å². The second-order valence-corrected chi connectivity index (χ2v) is 7.98. The number of fused-ring (bicyclic) bond motifs is 2. The lowest BCUT2D eigenvalue weighted by molar-refractivity contribution is -0.134. The van der Waals surface area contributed by atoms with Crippen LogP contribution >= 0.6 is 11.3 Å². The number of rotatable bonds is 7. The number of amides is 1. The van der Waals surface area contributed by atoms with Gasteiger partial charge in [0.05, 0.1) is 17.8 Å². The number of nitrogens with zero attached hydrogens (tertiary/aromatic N) is 3. The van der Waals surface area contributed by atoms with Gasteiger partial charge < -0.3 is 9.32 Å². The smallest absolute Gasteiger partial charge is 0.262 e. The van der Waals surface area contributed by atoms with Gasteiger partial charge in [-0.15, -0.1) is 11.3 Å². The molecule has 0 saturated carbocycles. The van der Waals surface area contributed by atoms with Crippen LogP contribution in [-0.2, 0) is 11.3 Å². The van der Waals surface area contributed by atoms with E-state index in [1.807, 2.05) is 54.5 Å². The molecule has 0 bridgehead atoms. The molecule has 1 unspecified atom stereocenters. The van der Waals surface area contributed by atoms with E-state index in [9.17, 15) is 9.59 Å². The van der Waals surface area contributed by atoms with E-state index in [0.29, 0.717) is 18.5 Å². The molecule has 3 heterocycles. The van der Waals surface area contributed by atoms with Gasteiger partial charge in [0.15, 0.2) is 0 Å². The fourth-order valence-corrected chi connectivity index (χ4v) is 4.27. The highest BCUT2D eigenvalue weighted by Crippen LogP contribution is 2.28. The minimum Gasteiger partial charge on any atom is -0.459 e. The molecule has 0 aliphatic carbocycles. The van der Waals surface area contributed by atoms with Crippen molar-refractivity contribution in [1.82, 2.24) is 14.5 Å². The van der Waals surface area contributed by atoms with Crippen molar-refractivity contribution in [3.05, 3.63) is 64.2 Å². The number of furan rings is 1. The first-order chi connectivity index (χ1) is 14.1. The standard InChI is InChI=1S/C22H23N3O3S/c1-3-10-25(15(2)19-13-16-6-4-5-7-18(16)28-19)20(26)8-11-24-14-23-21-17(22(24)27)9-12-29-21/h4-7,9,12-15H,3,8,10-11H2,1-2H3. The third kappa shape index (κ3) is 3.82. The number of carbonyl (C=O) groups is 1. The summed E-state index contributed by atoms with van der Waals surface area (Å²) >= 11 is 1.44. The Bertz CT molecular complexity index is 1170. The summed E-state index contributed by atoms with van der Waals surface area (Å²) < 4.78 is 7.49. The van der Waals surface area contributed by atoms with E-state index in [1.165, 1.54) is 22.2 Å². The highest BCUT2D eigenvalue weighted by molar-refractivity contribution is 7.16. The summed E-state index contributed by atoms with van der Waals surface area (Å²) in [6.07, 6.45) is 2.61. The van der Waals surface area contributed by atoms with Crippen molar-refractivity contribution >= 4 is 38.4 Å². The topological polar surface area (TPSA) is 68.3 Å². The first-order valence-corrected chi connectivity index (χ1v) is 10.7. The predicted octanol–water partition coefficient (Wildman–Crippen LogP) is 4.59.